The Balaban J connectivity index is 1.49. The van der Waals surface area contributed by atoms with Crippen LogP contribution in [0.4, 0.5) is 5.69 Å². The summed E-state index contributed by atoms with van der Waals surface area (Å²) < 4.78 is 0. The summed E-state index contributed by atoms with van der Waals surface area (Å²) in [5, 5.41) is 2.06. The van der Waals surface area contributed by atoms with E-state index in [9.17, 15) is 0 Å². The number of hydrogen-bond acceptors (Lipinski definition) is 4. The van der Waals surface area contributed by atoms with E-state index >= 15 is 0 Å². The Bertz CT molecular complexity index is 774. The van der Waals surface area contributed by atoms with Gasteiger partial charge in [-0.25, -0.2) is 9.98 Å². The maximum absolute atomic E-state index is 4.64. The molecule has 1 aromatic heterocycles. The summed E-state index contributed by atoms with van der Waals surface area (Å²) in [4.78, 5) is 12.5. The van der Waals surface area contributed by atoms with Crippen LogP contribution in [-0.4, -0.2) is 15.0 Å². The highest BCUT2D eigenvalue weighted by Gasteiger charge is 2.15. The van der Waals surface area contributed by atoms with E-state index in [4.69, 9.17) is 0 Å². The van der Waals surface area contributed by atoms with E-state index in [1.165, 1.54) is 5.56 Å². The molecule has 5 heteroatoms. The van der Waals surface area contributed by atoms with Gasteiger partial charge in [-0.1, -0.05) is 30.3 Å². The van der Waals surface area contributed by atoms with E-state index in [0.29, 0.717) is 0 Å². The van der Waals surface area contributed by atoms with E-state index in [1.807, 2.05) is 30.3 Å². The Labute approximate surface area is 124 Å². The molecule has 3 aromatic rings. The topological polar surface area (TPSA) is 41.0 Å². The van der Waals surface area contributed by atoms with Crippen molar-refractivity contribution >= 4 is 43.4 Å². The highest BCUT2D eigenvalue weighted by molar-refractivity contribution is 8.82. The van der Waals surface area contributed by atoms with E-state index in [2.05, 4.69) is 33.2 Å². The maximum atomic E-state index is 4.64. The molecule has 0 fully saturated rings. The van der Waals surface area contributed by atoms with Crippen molar-refractivity contribution in [3.05, 3.63) is 54.1 Å². The van der Waals surface area contributed by atoms with Crippen LogP contribution in [0.15, 0.2) is 58.7 Å². The molecule has 0 atom stereocenters. The largest absolute Gasteiger partial charge is 0.332 e. The number of aromatic amines is 1. The van der Waals surface area contributed by atoms with Crippen molar-refractivity contribution in [3.63, 3.8) is 0 Å². The van der Waals surface area contributed by atoms with Crippen LogP contribution in [0.5, 0.6) is 0 Å². The first-order valence-corrected chi connectivity index (χ1v) is 8.48. The predicted octanol–water partition coefficient (Wildman–Crippen LogP) is 4.59. The number of nitrogens with one attached hydrogen (secondary N) is 1. The van der Waals surface area contributed by atoms with Crippen LogP contribution in [0.1, 0.15) is 5.56 Å². The molecule has 0 saturated carbocycles. The number of aliphatic imine (C=N–C) groups is 1. The van der Waals surface area contributed by atoms with Crippen molar-refractivity contribution in [3.8, 4) is 0 Å². The fraction of sp³-hybridized carbons (Fsp3) is 0.0667. The van der Waals surface area contributed by atoms with Crippen LogP contribution in [0.2, 0.25) is 0 Å². The molecule has 0 saturated heterocycles. The van der Waals surface area contributed by atoms with Gasteiger partial charge in [-0.05, 0) is 45.4 Å². The number of fused-ring (bicyclic) bond motifs is 2. The van der Waals surface area contributed by atoms with E-state index in [-0.39, 0.29) is 0 Å². The normalized spacial score (nSPS) is 13.5. The molecule has 0 radical (unpaired) electrons. The molecule has 4 rings (SSSR count). The third kappa shape index (κ3) is 2.23. The number of aromatic nitrogens is 2. The van der Waals surface area contributed by atoms with Gasteiger partial charge in [-0.3, -0.25) is 0 Å². The first-order chi connectivity index (χ1) is 9.88. The van der Waals surface area contributed by atoms with Crippen molar-refractivity contribution in [2.75, 3.05) is 0 Å². The predicted molar refractivity (Wildman–Crippen MR) is 86.8 cm³/mol. The van der Waals surface area contributed by atoms with Gasteiger partial charge in [0.2, 0.25) is 0 Å². The van der Waals surface area contributed by atoms with Crippen molar-refractivity contribution in [1.82, 2.24) is 9.97 Å². The third-order valence-electron chi connectivity index (χ3n) is 3.16. The van der Waals surface area contributed by atoms with Gasteiger partial charge in [0.05, 0.1) is 21.8 Å². The SMILES string of the molecule is c1ccc2c(c1)CC(SSc1nc3ccccc3[nH]1)=N2. The highest BCUT2D eigenvalue weighted by Crippen LogP contribution is 2.37. The van der Waals surface area contributed by atoms with E-state index in [1.54, 1.807) is 21.6 Å². The molecule has 1 N–H and O–H groups in total. The molecule has 1 aliphatic rings. The zero-order chi connectivity index (χ0) is 13.4. The molecule has 2 heterocycles. The molecule has 0 unspecified atom stereocenters. The van der Waals surface area contributed by atoms with Gasteiger partial charge in [-0.15, -0.1) is 0 Å². The lowest BCUT2D eigenvalue weighted by Crippen LogP contribution is -1.88. The minimum absolute atomic E-state index is 0.925. The smallest absolute Gasteiger partial charge is 0.177 e. The lowest BCUT2D eigenvalue weighted by atomic mass is 10.2. The van der Waals surface area contributed by atoms with Crippen molar-refractivity contribution in [1.29, 1.82) is 0 Å². The second kappa shape index (κ2) is 5.00. The van der Waals surface area contributed by atoms with Crippen LogP contribution in [0.3, 0.4) is 0 Å². The number of benzene rings is 2. The fourth-order valence-electron chi connectivity index (χ4n) is 2.21. The molecule has 0 spiro atoms. The Morgan fingerprint density at radius 1 is 0.950 bits per heavy atom. The minimum Gasteiger partial charge on any atom is -0.332 e. The molecule has 0 amide bonds. The zero-order valence-electron chi connectivity index (χ0n) is 10.5. The van der Waals surface area contributed by atoms with Crippen LogP contribution in [0, 0.1) is 0 Å². The van der Waals surface area contributed by atoms with Crippen LogP contribution in [-0.2, 0) is 6.42 Å². The standard InChI is InChI=1S/C15H11N3S2/c1-2-6-11-10(5-1)9-14(16-11)19-20-15-17-12-7-3-4-8-13(12)18-15/h1-8H,9H2,(H,17,18). The summed E-state index contributed by atoms with van der Waals surface area (Å²) in [6, 6.07) is 16.4. The zero-order valence-corrected chi connectivity index (χ0v) is 12.2. The van der Waals surface area contributed by atoms with Crippen molar-refractivity contribution in [2.24, 2.45) is 4.99 Å². The van der Waals surface area contributed by atoms with Crippen LogP contribution < -0.4 is 0 Å². The number of hydrogen-bond donors (Lipinski definition) is 1. The second-order valence-corrected chi connectivity index (χ2v) is 6.73. The van der Waals surface area contributed by atoms with Crippen LogP contribution >= 0.6 is 21.6 Å². The fourth-order valence-corrected chi connectivity index (χ4v) is 4.07. The first-order valence-electron chi connectivity index (χ1n) is 6.33. The Kier molecular flexibility index (Phi) is 3.01. The van der Waals surface area contributed by atoms with Gasteiger partial charge in [0.25, 0.3) is 0 Å². The molecule has 0 bridgehead atoms. The summed E-state index contributed by atoms with van der Waals surface area (Å²) in [5.41, 5.74) is 4.49. The van der Waals surface area contributed by atoms with E-state index in [0.717, 1.165) is 33.3 Å². The average Bonchev–Trinajstić information content (AvgIpc) is 3.07. The maximum Gasteiger partial charge on any atom is 0.177 e. The molecule has 1 aliphatic heterocycles. The molecule has 2 aromatic carbocycles. The number of rotatable bonds is 2. The molecular formula is C15H11N3S2. The molecule has 3 nitrogen and oxygen atoms in total. The molecular weight excluding hydrogens is 286 g/mol. The molecule has 20 heavy (non-hydrogen) atoms. The number of para-hydroxylation sites is 3. The third-order valence-corrected chi connectivity index (χ3v) is 5.33. The highest BCUT2D eigenvalue weighted by atomic mass is 33.1. The number of H-pyrrole nitrogens is 1. The van der Waals surface area contributed by atoms with Crippen LogP contribution in [0.25, 0.3) is 11.0 Å². The van der Waals surface area contributed by atoms with Gasteiger partial charge in [-0.2, -0.15) is 0 Å². The van der Waals surface area contributed by atoms with Gasteiger partial charge in [0.15, 0.2) is 5.16 Å². The molecule has 0 aliphatic carbocycles. The van der Waals surface area contributed by atoms with Gasteiger partial charge in [0.1, 0.15) is 0 Å². The number of nitrogens with zero attached hydrogens (tertiary/aromatic N) is 2. The van der Waals surface area contributed by atoms with Crippen molar-refractivity contribution in [2.45, 2.75) is 11.6 Å². The van der Waals surface area contributed by atoms with Gasteiger partial charge >= 0.3 is 0 Å². The summed E-state index contributed by atoms with van der Waals surface area (Å²) in [6.45, 7) is 0. The monoisotopic (exact) mass is 297 g/mol. The van der Waals surface area contributed by atoms with Gasteiger partial charge < -0.3 is 4.98 Å². The summed E-state index contributed by atoms with van der Waals surface area (Å²) in [7, 11) is 3.32. The first kappa shape index (κ1) is 12.1. The summed E-state index contributed by atoms with van der Waals surface area (Å²) in [5.74, 6) is 0. The second-order valence-electron chi connectivity index (χ2n) is 4.54. The Hall–Kier alpha value is -1.72. The van der Waals surface area contributed by atoms with Crippen molar-refractivity contribution < 1.29 is 0 Å². The minimum atomic E-state index is 0.925. The van der Waals surface area contributed by atoms with E-state index < -0.39 is 0 Å². The molecule has 98 valence electrons. The summed E-state index contributed by atoms with van der Waals surface area (Å²) >= 11 is 0. The lowest BCUT2D eigenvalue weighted by molar-refractivity contribution is 1.09. The lowest BCUT2D eigenvalue weighted by Gasteiger charge is -1.96. The van der Waals surface area contributed by atoms with Gasteiger partial charge in [0, 0.05) is 6.42 Å². The average molecular weight is 297 g/mol. The summed E-state index contributed by atoms with van der Waals surface area (Å²) in [6.07, 6.45) is 0.925. The number of imidazole rings is 1. The Morgan fingerprint density at radius 2 is 1.80 bits per heavy atom. The Morgan fingerprint density at radius 3 is 2.70 bits per heavy atom. The quantitative estimate of drug-likeness (QED) is 0.703.